The Balaban J connectivity index is 1.87. The zero-order valence-corrected chi connectivity index (χ0v) is 15.4. The molecule has 1 aliphatic rings. The molecule has 0 saturated heterocycles. The zero-order valence-electron chi connectivity index (χ0n) is 15.4. The van der Waals surface area contributed by atoms with Crippen LogP contribution < -0.4 is 5.32 Å². The number of fused-ring (bicyclic) bond motifs is 2. The molecule has 0 unspecified atom stereocenters. The van der Waals surface area contributed by atoms with Gasteiger partial charge in [0.15, 0.2) is 0 Å². The van der Waals surface area contributed by atoms with Crippen LogP contribution >= 0.6 is 0 Å². The summed E-state index contributed by atoms with van der Waals surface area (Å²) in [5.74, 6) is -0.656. The predicted octanol–water partition coefficient (Wildman–Crippen LogP) is 2.94. The number of para-hydroxylation sites is 1. The van der Waals surface area contributed by atoms with Crippen LogP contribution in [-0.4, -0.2) is 26.1 Å². The van der Waals surface area contributed by atoms with Gasteiger partial charge in [-0.15, -0.1) is 0 Å². The van der Waals surface area contributed by atoms with E-state index in [1.165, 1.54) is 0 Å². The minimum absolute atomic E-state index is 0.149. The van der Waals surface area contributed by atoms with E-state index in [1.807, 2.05) is 59.9 Å². The Morgan fingerprint density at radius 2 is 1.36 bits per heavy atom. The minimum Gasteiger partial charge on any atom is -0.508 e. The molecular weight excluding hydrogens is 354 g/mol. The van der Waals surface area contributed by atoms with Crippen molar-refractivity contribution in [2.45, 2.75) is 0 Å². The fourth-order valence-corrected chi connectivity index (χ4v) is 4.08. The van der Waals surface area contributed by atoms with E-state index in [1.54, 1.807) is 18.2 Å². The number of aryl methyl sites for hydroxylation is 2. The third kappa shape index (κ3) is 2.15. The molecule has 0 fully saturated rings. The molecule has 2 aromatic carbocycles. The van der Waals surface area contributed by atoms with Crippen molar-refractivity contribution >= 4 is 44.8 Å². The Morgan fingerprint density at radius 3 is 2.04 bits per heavy atom. The minimum atomic E-state index is -0.409. The van der Waals surface area contributed by atoms with Crippen LogP contribution in [0.1, 0.15) is 11.1 Å². The maximum absolute atomic E-state index is 12.8. The van der Waals surface area contributed by atoms with E-state index in [2.05, 4.69) is 5.32 Å². The van der Waals surface area contributed by atoms with E-state index in [0.717, 1.165) is 27.4 Å². The van der Waals surface area contributed by atoms with Crippen molar-refractivity contribution in [3.05, 3.63) is 66.0 Å². The fraction of sp³-hybridized carbons (Fsp3) is 0.0909. The molecule has 0 radical (unpaired) electrons. The SMILES string of the molecule is Cn1cc(C2=C(c3cn(C)c4cc(O)ccc34)C(=O)NC2=O)c2ccccc21. The van der Waals surface area contributed by atoms with Gasteiger partial charge in [0.1, 0.15) is 5.75 Å². The average molecular weight is 371 g/mol. The number of aromatic nitrogens is 2. The smallest absolute Gasteiger partial charge is 0.259 e. The molecule has 6 heteroatoms. The van der Waals surface area contributed by atoms with Crippen LogP contribution in [0.25, 0.3) is 33.0 Å². The van der Waals surface area contributed by atoms with E-state index >= 15 is 0 Å². The number of imide groups is 1. The first-order chi connectivity index (χ1) is 13.5. The maximum Gasteiger partial charge on any atom is 0.259 e. The molecule has 0 aliphatic carbocycles. The van der Waals surface area contributed by atoms with Gasteiger partial charge in [0.05, 0.1) is 16.7 Å². The summed E-state index contributed by atoms with van der Waals surface area (Å²) < 4.78 is 3.79. The number of carbonyl (C=O) groups is 2. The van der Waals surface area contributed by atoms with Crippen molar-refractivity contribution in [2.24, 2.45) is 14.1 Å². The van der Waals surface area contributed by atoms with Crippen molar-refractivity contribution < 1.29 is 14.7 Å². The van der Waals surface area contributed by atoms with Crippen LogP contribution in [-0.2, 0) is 23.7 Å². The van der Waals surface area contributed by atoms with Crippen molar-refractivity contribution in [1.82, 2.24) is 14.5 Å². The number of benzene rings is 2. The largest absolute Gasteiger partial charge is 0.508 e. The van der Waals surface area contributed by atoms with Gasteiger partial charge in [-0.1, -0.05) is 18.2 Å². The lowest BCUT2D eigenvalue weighted by molar-refractivity contribution is -0.122. The molecular formula is C22H17N3O3. The van der Waals surface area contributed by atoms with Crippen molar-refractivity contribution in [3.8, 4) is 5.75 Å². The first kappa shape index (κ1) is 16.4. The Bertz CT molecular complexity index is 1350. The molecule has 28 heavy (non-hydrogen) atoms. The van der Waals surface area contributed by atoms with Crippen molar-refractivity contribution in [3.63, 3.8) is 0 Å². The number of amides is 2. The highest BCUT2D eigenvalue weighted by Gasteiger charge is 2.35. The second-order valence-electron chi connectivity index (χ2n) is 7.06. The summed E-state index contributed by atoms with van der Waals surface area (Å²) in [4.78, 5) is 25.5. The molecule has 5 rings (SSSR count). The molecule has 0 atom stereocenters. The molecule has 1 aliphatic heterocycles. The Morgan fingerprint density at radius 1 is 0.786 bits per heavy atom. The van der Waals surface area contributed by atoms with Gasteiger partial charge in [0, 0.05) is 60.0 Å². The normalized spacial score (nSPS) is 14.5. The summed E-state index contributed by atoms with van der Waals surface area (Å²) in [7, 11) is 3.76. The molecule has 0 bridgehead atoms. The van der Waals surface area contributed by atoms with Crippen LogP contribution in [0.15, 0.2) is 54.9 Å². The number of aromatic hydroxyl groups is 1. The van der Waals surface area contributed by atoms with Gasteiger partial charge in [-0.25, -0.2) is 0 Å². The quantitative estimate of drug-likeness (QED) is 0.532. The van der Waals surface area contributed by atoms with Gasteiger partial charge in [0.2, 0.25) is 0 Å². The van der Waals surface area contributed by atoms with Gasteiger partial charge >= 0.3 is 0 Å². The molecule has 4 aromatic rings. The number of nitrogens with zero attached hydrogens (tertiary/aromatic N) is 2. The molecule has 138 valence electrons. The molecule has 0 spiro atoms. The van der Waals surface area contributed by atoms with E-state index in [0.29, 0.717) is 16.7 Å². The van der Waals surface area contributed by atoms with E-state index in [-0.39, 0.29) is 5.75 Å². The molecule has 2 N–H and O–H groups in total. The van der Waals surface area contributed by atoms with Gasteiger partial charge in [0.25, 0.3) is 11.8 Å². The highest BCUT2D eigenvalue weighted by molar-refractivity contribution is 6.50. The summed E-state index contributed by atoms with van der Waals surface area (Å²) in [5.41, 5.74) is 3.90. The van der Waals surface area contributed by atoms with Crippen molar-refractivity contribution in [1.29, 1.82) is 0 Å². The lowest BCUT2D eigenvalue weighted by Crippen LogP contribution is -2.22. The lowest BCUT2D eigenvalue weighted by atomic mass is 9.95. The number of nitrogens with one attached hydrogen (secondary N) is 1. The van der Waals surface area contributed by atoms with E-state index in [4.69, 9.17) is 0 Å². The molecule has 2 aromatic heterocycles. The standard InChI is InChI=1S/C22H17N3O3/c1-24-10-15(13-5-3-4-6-17(13)24)19-20(22(28)23-21(19)27)16-11-25(2)18-9-12(26)7-8-14(16)18/h3-11,26H,1-2H3,(H,23,27,28). The van der Waals surface area contributed by atoms with Crippen molar-refractivity contribution in [2.75, 3.05) is 0 Å². The van der Waals surface area contributed by atoms with Gasteiger partial charge in [-0.2, -0.15) is 0 Å². The van der Waals surface area contributed by atoms with E-state index < -0.39 is 11.8 Å². The van der Waals surface area contributed by atoms with Gasteiger partial charge in [-0.05, 0) is 18.2 Å². The van der Waals surface area contributed by atoms with E-state index in [9.17, 15) is 14.7 Å². The Hall–Kier alpha value is -3.80. The number of carbonyl (C=O) groups excluding carboxylic acids is 2. The number of phenolic OH excluding ortho intramolecular Hbond substituents is 1. The summed E-state index contributed by atoms with van der Waals surface area (Å²) in [5, 5.41) is 14.0. The predicted molar refractivity (Wildman–Crippen MR) is 107 cm³/mol. The summed E-state index contributed by atoms with van der Waals surface area (Å²) in [6.07, 6.45) is 3.71. The van der Waals surface area contributed by atoms with Gasteiger partial charge < -0.3 is 14.2 Å². The third-order valence-corrected chi connectivity index (χ3v) is 5.34. The monoisotopic (exact) mass is 371 g/mol. The average Bonchev–Trinajstić information content (AvgIpc) is 3.27. The third-order valence-electron chi connectivity index (χ3n) is 5.34. The second kappa shape index (κ2) is 5.60. The highest BCUT2D eigenvalue weighted by Crippen LogP contribution is 2.39. The fourth-order valence-electron chi connectivity index (χ4n) is 4.08. The molecule has 3 heterocycles. The maximum atomic E-state index is 12.8. The zero-order chi connectivity index (χ0) is 19.6. The summed E-state index contributed by atoms with van der Waals surface area (Å²) in [6.45, 7) is 0. The molecule has 0 saturated carbocycles. The summed E-state index contributed by atoms with van der Waals surface area (Å²) >= 11 is 0. The van der Waals surface area contributed by atoms with Crippen LogP contribution in [0.2, 0.25) is 0 Å². The topological polar surface area (TPSA) is 76.3 Å². The highest BCUT2D eigenvalue weighted by atomic mass is 16.3. The number of hydrogen-bond acceptors (Lipinski definition) is 3. The molecule has 2 amide bonds. The number of hydrogen-bond donors (Lipinski definition) is 2. The van der Waals surface area contributed by atoms with Gasteiger partial charge in [-0.3, -0.25) is 14.9 Å². The van der Waals surface area contributed by atoms with Crippen LogP contribution in [0, 0.1) is 0 Å². The first-order valence-corrected chi connectivity index (χ1v) is 8.88. The van der Waals surface area contributed by atoms with Crippen LogP contribution in [0.5, 0.6) is 5.75 Å². The van der Waals surface area contributed by atoms with Crippen LogP contribution in [0.3, 0.4) is 0 Å². The second-order valence-corrected chi connectivity index (χ2v) is 7.06. The Labute approximate surface area is 160 Å². The molecule has 6 nitrogen and oxygen atoms in total. The number of phenols is 1. The Kier molecular flexibility index (Phi) is 3.27. The first-order valence-electron chi connectivity index (χ1n) is 8.88. The number of rotatable bonds is 2. The van der Waals surface area contributed by atoms with Crippen LogP contribution in [0.4, 0.5) is 0 Å². The lowest BCUT2D eigenvalue weighted by Gasteiger charge is -2.03. The summed E-state index contributed by atoms with van der Waals surface area (Å²) in [6, 6.07) is 12.8.